The van der Waals surface area contributed by atoms with Gasteiger partial charge >= 0.3 is 0 Å². The Balaban J connectivity index is 0.000000669. The van der Waals surface area contributed by atoms with E-state index in [0.29, 0.717) is 32.3 Å². The number of carbonyl (C=O) groups excluding carboxylic acids is 3. The normalized spacial score (nSPS) is 11.8. The maximum absolute atomic E-state index is 12.4. The highest BCUT2D eigenvalue weighted by Gasteiger charge is 2.33. The van der Waals surface area contributed by atoms with Gasteiger partial charge in [-0.05, 0) is 55.8 Å². The highest BCUT2D eigenvalue weighted by Crippen LogP contribution is 2.16. The SMILES string of the molecule is CCN(CC#N)N(C=O)C(CN(C)CCc1ccc(OC)cc1)N(C=O)[C@H](C=O)Cc1ccccc1.CNCc1ccccc1. The molecule has 1 unspecified atom stereocenters. The first kappa shape index (κ1) is 36.6. The zero-order valence-electron chi connectivity index (χ0n) is 26.8. The fraction of sp³-hybridized carbons (Fsp3) is 0.371. The molecule has 0 aliphatic carbocycles. The number of hydrazine groups is 1. The van der Waals surface area contributed by atoms with Gasteiger partial charge in [-0.2, -0.15) is 5.26 Å². The number of ether oxygens (including phenoxy) is 1. The Morgan fingerprint density at radius 3 is 2.00 bits per heavy atom. The van der Waals surface area contributed by atoms with Crippen molar-refractivity contribution in [2.24, 2.45) is 0 Å². The number of benzene rings is 3. The Kier molecular flexibility index (Phi) is 17.3. The van der Waals surface area contributed by atoms with Crippen LogP contribution >= 0.6 is 0 Å². The van der Waals surface area contributed by atoms with E-state index in [0.717, 1.165) is 36.1 Å². The predicted octanol–water partition coefficient (Wildman–Crippen LogP) is 3.39. The van der Waals surface area contributed by atoms with Gasteiger partial charge in [0.2, 0.25) is 12.8 Å². The summed E-state index contributed by atoms with van der Waals surface area (Å²) in [4.78, 5) is 40.1. The lowest BCUT2D eigenvalue weighted by Crippen LogP contribution is -2.61. The molecule has 0 aliphatic rings. The first-order valence-electron chi connectivity index (χ1n) is 15.0. The molecule has 0 aromatic heterocycles. The van der Waals surface area contributed by atoms with Crippen LogP contribution in [0.4, 0.5) is 0 Å². The van der Waals surface area contributed by atoms with E-state index in [9.17, 15) is 19.6 Å². The molecule has 0 saturated heterocycles. The molecule has 1 N–H and O–H groups in total. The van der Waals surface area contributed by atoms with Gasteiger partial charge in [0, 0.05) is 26.2 Å². The molecule has 0 radical (unpaired) electrons. The monoisotopic (exact) mass is 614 g/mol. The second-order valence-electron chi connectivity index (χ2n) is 10.4. The van der Waals surface area contributed by atoms with Crippen molar-refractivity contribution in [1.82, 2.24) is 25.1 Å². The number of methoxy groups -OCH3 is 1. The second-order valence-corrected chi connectivity index (χ2v) is 10.4. The number of hydrogen-bond donors (Lipinski definition) is 1. The molecule has 10 heteroatoms. The number of nitriles is 1. The predicted molar refractivity (Wildman–Crippen MR) is 176 cm³/mol. The van der Waals surface area contributed by atoms with Crippen molar-refractivity contribution in [2.45, 2.75) is 38.5 Å². The van der Waals surface area contributed by atoms with Crippen LogP contribution in [0.5, 0.6) is 5.75 Å². The fourth-order valence-electron chi connectivity index (χ4n) is 4.81. The molecule has 10 nitrogen and oxygen atoms in total. The summed E-state index contributed by atoms with van der Waals surface area (Å²) in [5.41, 5.74) is 3.35. The third kappa shape index (κ3) is 12.5. The molecular formula is C35H46N6O4. The van der Waals surface area contributed by atoms with Crippen LogP contribution < -0.4 is 10.1 Å². The van der Waals surface area contributed by atoms with Crippen LogP contribution in [0.3, 0.4) is 0 Å². The van der Waals surface area contributed by atoms with Crippen molar-refractivity contribution < 1.29 is 19.1 Å². The molecule has 0 aliphatic heterocycles. The van der Waals surface area contributed by atoms with E-state index < -0.39 is 12.2 Å². The summed E-state index contributed by atoms with van der Waals surface area (Å²) < 4.78 is 5.21. The largest absolute Gasteiger partial charge is 0.497 e. The smallest absolute Gasteiger partial charge is 0.226 e. The zero-order chi connectivity index (χ0) is 32.9. The first-order valence-corrected chi connectivity index (χ1v) is 15.0. The van der Waals surface area contributed by atoms with E-state index in [-0.39, 0.29) is 13.1 Å². The standard InChI is InChI=1S/C27H35N5O4.C8H11N/c1-4-30(17-15-28)32(22-35)27(19-29(2)16-14-23-10-12-26(36-3)13-11-23)31(21-34)25(20-33)18-24-8-6-5-7-9-24;1-9-7-8-5-3-2-4-6-8/h5-13,20-22,25,27H,4,14,16-19H2,1-3H3;2-6,9H,7H2,1H3/t25-,27?;/m0./s1. The highest BCUT2D eigenvalue weighted by molar-refractivity contribution is 5.65. The number of likely N-dealkylation sites (N-methyl/N-ethyl adjacent to an activating group) is 1. The quantitative estimate of drug-likeness (QED) is 0.0948. The minimum atomic E-state index is -0.784. The van der Waals surface area contributed by atoms with Gasteiger partial charge in [-0.1, -0.05) is 79.7 Å². The topological polar surface area (TPSA) is 109 Å². The molecule has 0 saturated carbocycles. The number of nitrogens with one attached hydrogen (secondary N) is 1. The summed E-state index contributed by atoms with van der Waals surface area (Å²) in [5, 5.41) is 15.3. The van der Waals surface area contributed by atoms with Crippen molar-refractivity contribution in [3.8, 4) is 11.8 Å². The van der Waals surface area contributed by atoms with Crippen LogP contribution in [0.25, 0.3) is 0 Å². The Hall–Kier alpha value is -4.56. The van der Waals surface area contributed by atoms with Crippen LogP contribution in [-0.4, -0.2) is 98.5 Å². The summed E-state index contributed by atoms with van der Waals surface area (Å²) in [6, 6.07) is 28.8. The van der Waals surface area contributed by atoms with Crippen LogP contribution in [0.1, 0.15) is 23.6 Å². The van der Waals surface area contributed by atoms with Crippen LogP contribution in [0.15, 0.2) is 84.9 Å². The van der Waals surface area contributed by atoms with Gasteiger partial charge in [-0.3, -0.25) is 14.6 Å². The molecule has 0 fully saturated rings. The summed E-state index contributed by atoms with van der Waals surface area (Å²) in [6.45, 7) is 4.07. The van der Waals surface area contributed by atoms with Crippen LogP contribution in [0, 0.1) is 11.3 Å². The third-order valence-corrected chi connectivity index (χ3v) is 7.29. The van der Waals surface area contributed by atoms with E-state index >= 15 is 0 Å². The van der Waals surface area contributed by atoms with Gasteiger partial charge in [0.05, 0.1) is 19.2 Å². The van der Waals surface area contributed by atoms with Crippen molar-refractivity contribution in [3.05, 3.63) is 102 Å². The highest BCUT2D eigenvalue weighted by atomic mass is 16.5. The number of hydrogen-bond acceptors (Lipinski definition) is 8. The maximum Gasteiger partial charge on any atom is 0.226 e. The lowest BCUT2D eigenvalue weighted by Gasteiger charge is -2.43. The average Bonchev–Trinajstić information content (AvgIpc) is 3.08. The van der Waals surface area contributed by atoms with Gasteiger partial charge in [0.15, 0.2) is 0 Å². The molecule has 0 heterocycles. The third-order valence-electron chi connectivity index (χ3n) is 7.29. The van der Waals surface area contributed by atoms with E-state index in [2.05, 4.69) is 23.5 Å². The number of aldehydes is 1. The molecule has 2 amide bonds. The lowest BCUT2D eigenvalue weighted by atomic mass is 10.1. The minimum absolute atomic E-state index is 0.0293. The van der Waals surface area contributed by atoms with Gasteiger partial charge in [0.1, 0.15) is 24.7 Å². The summed E-state index contributed by atoms with van der Waals surface area (Å²) in [7, 11) is 5.47. The second kappa shape index (κ2) is 21.2. The van der Waals surface area contributed by atoms with E-state index in [1.807, 2.05) is 98.7 Å². The molecule has 0 bridgehead atoms. The van der Waals surface area contributed by atoms with Crippen LogP contribution in [-0.2, 0) is 33.8 Å². The van der Waals surface area contributed by atoms with E-state index in [4.69, 9.17) is 4.74 Å². The van der Waals surface area contributed by atoms with Gasteiger partial charge in [-0.15, -0.1) is 0 Å². The van der Waals surface area contributed by atoms with Crippen LogP contribution in [0.2, 0.25) is 0 Å². The zero-order valence-corrected chi connectivity index (χ0v) is 26.8. The van der Waals surface area contributed by atoms with E-state index in [1.165, 1.54) is 15.5 Å². The van der Waals surface area contributed by atoms with Gasteiger partial charge in [-0.25, -0.2) is 5.01 Å². The molecular weight excluding hydrogens is 568 g/mol. The van der Waals surface area contributed by atoms with Crippen molar-refractivity contribution in [2.75, 3.05) is 47.4 Å². The molecule has 0 spiro atoms. The number of carbonyl (C=O) groups is 3. The minimum Gasteiger partial charge on any atom is -0.497 e. The van der Waals surface area contributed by atoms with Gasteiger partial charge in [0.25, 0.3) is 0 Å². The number of rotatable bonds is 19. The molecule has 3 aromatic carbocycles. The Bertz CT molecular complexity index is 1290. The Morgan fingerprint density at radius 2 is 1.51 bits per heavy atom. The van der Waals surface area contributed by atoms with Crippen molar-refractivity contribution in [1.29, 1.82) is 5.26 Å². The summed E-state index contributed by atoms with van der Waals surface area (Å²) in [5.74, 6) is 0.783. The molecule has 3 aromatic rings. The first-order chi connectivity index (χ1) is 21.9. The lowest BCUT2D eigenvalue weighted by molar-refractivity contribution is -0.160. The van der Waals surface area contributed by atoms with Crippen molar-refractivity contribution in [3.63, 3.8) is 0 Å². The molecule has 240 valence electrons. The van der Waals surface area contributed by atoms with Crippen molar-refractivity contribution >= 4 is 19.1 Å². The average molecular weight is 615 g/mol. The number of nitrogens with zero attached hydrogens (tertiary/aromatic N) is 5. The number of amides is 2. The summed E-state index contributed by atoms with van der Waals surface area (Å²) >= 11 is 0. The van der Waals surface area contributed by atoms with Gasteiger partial charge < -0.3 is 24.6 Å². The Labute approximate surface area is 267 Å². The van der Waals surface area contributed by atoms with E-state index in [1.54, 1.807) is 12.1 Å². The molecule has 3 rings (SSSR count). The summed E-state index contributed by atoms with van der Waals surface area (Å²) in [6.07, 6.45) is 2.23. The fourth-order valence-corrected chi connectivity index (χ4v) is 4.81. The molecule has 2 atom stereocenters. The maximum atomic E-state index is 12.4. The Morgan fingerprint density at radius 1 is 0.889 bits per heavy atom. The molecule has 45 heavy (non-hydrogen) atoms.